The highest BCUT2D eigenvalue weighted by molar-refractivity contribution is 6.06. The van der Waals surface area contributed by atoms with Gasteiger partial charge in [-0.25, -0.2) is 13.8 Å². The van der Waals surface area contributed by atoms with Gasteiger partial charge in [0.05, 0.1) is 11.4 Å². The lowest BCUT2D eigenvalue weighted by Crippen LogP contribution is -2.40. The third kappa shape index (κ3) is 5.92. The lowest BCUT2D eigenvalue weighted by atomic mass is 9.86. The molecule has 1 N–H and O–H groups in total. The second kappa shape index (κ2) is 12.9. The van der Waals surface area contributed by atoms with Crippen molar-refractivity contribution < 1.29 is 18.5 Å². The van der Waals surface area contributed by atoms with Crippen molar-refractivity contribution >= 4 is 22.4 Å². The van der Waals surface area contributed by atoms with Crippen molar-refractivity contribution in [2.24, 2.45) is 11.1 Å². The first kappa shape index (κ1) is 30.5. The van der Waals surface area contributed by atoms with Crippen molar-refractivity contribution in [1.29, 1.82) is 0 Å². The molecule has 0 radical (unpaired) electrons. The fourth-order valence-electron chi connectivity index (χ4n) is 7.68. The Labute approximate surface area is 266 Å². The molecule has 46 heavy (non-hydrogen) atoms. The largest absolute Gasteiger partial charge is 0.411 e. The zero-order chi connectivity index (χ0) is 31.8. The molecule has 3 aliphatic heterocycles. The summed E-state index contributed by atoms with van der Waals surface area (Å²) in [5, 5.41) is 19.1. The molecule has 0 bridgehead atoms. The highest BCUT2D eigenvalue weighted by Crippen LogP contribution is 2.36. The summed E-state index contributed by atoms with van der Waals surface area (Å²) in [6.45, 7) is 6.47. The molecule has 2 saturated heterocycles. The van der Waals surface area contributed by atoms with E-state index in [0.717, 1.165) is 111 Å². The van der Waals surface area contributed by atoms with E-state index < -0.39 is 0 Å². The highest BCUT2D eigenvalue weighted by Gasteiger charge is 2.31. The van der Waals surface area contributed by atoms with Crippen LogP contribution in [0.15, 0.2) is 50.9 Å². The minimum absolute atomic E-state index is 0.0302. The molecular weight excluding hydrogens is 590 g/mol. The lowest BCUT2D eigenvalue weighted by molar-refractivity contribution is 0.208. The van der Waals surface area contributed by atoms with Crippen molar-refractivity contribution in [3.63, 3.8) is 0 Å². The van der Waals surface area contributed by atoms with Crippen LogP contribution in [0.5, 0.6) is 0 Å². The summed E-state index contributed by atoms with van der Waals surface area (Å²) in [5.41, 5.74) is 5.14. The molecule has 3 aliphatic rings. The Morgan fingerprint density at radius 2 is 1.76 bits per heavy atom. The van der Waals surface area contributed by atoms with Gasteiger partial charge in [0.1, 0.15) is 17.5 Å². The molecule has 2 fully saturated rings. The lowest BCUT2D eigenvalue weighted by Gasteiger charge is -2.36. The van der Waals surface area contributed by atoms with Gasteiger partial charge in [-0.1, -0.05) is 10.3 Å². The van der Waals surface area contributed by atoms with Gasteiger partial charge >= 0.3 is 0 Å². The Morgan fingerprint density at radius 1 is 1.00 bits per heavy atom. The maximum absolute atomic E-state index is 14.6. The standard InChI is InChI=1S/C35H40F2N6O3/c1-22-27(35(44)43-14-3-2-4-32(43)38-22)13-17-41-15-9-23(10-16-41)33(39-45)28-7-5-25(36)20-30(28)42-18-11-24(12-19-42)34-29-8-6-26(37)21-31(29)46-40-34/h5-8,20-21,23-24,45H,2-4,9-19H2,1H3/b39-33-. The number of piperidine rings is 2. The van der Waals surface area contributed by atoms with Crippen LogP contribution >= 0.6 is 0 Å². The van der Waals surface area contributed by atoms with Gasteiger partial charge in [-0.05, 0) is 95.3 Å². The zero-order valence-corrected chi connectivity index (χ0v) is 26.2. The second-order valence-electron chi connectivity index (χ2n) is 13.0. The summed E-state index contributed by atoms with van der Waals surface area (Å²) in [7, 11) is 0. The molecule has 2 aromatic heterocycles. The maximum Gasteiger partial charge on any atom is 0.256 e. The van der Waals surface area contributed by atoms with E-state index in [1.807, 2.05) is 11.5 Å². The topological polar surface area (TPSA) is 100.0 Å². The number of oxime groups is 1. The van der Waals surface area contributed by atoms with Crippen LogP contribution in [0.3, 0.4) is 0 Å². The minimum atomic E-state index is -0.356. The van der Waals surface area contributed by atoms with E-state index in [-0.39, 0.29) is 29.0 Å². The monoisotopic (exact) mass is 630 g/mol. The van der Waals surface area contributed by atoms with E-state index in [1.54, 1.807) is 12.1 Å². The molecule has 7 rings (SSSR count). The van der Waals surface area contributed by atoms with Crippen LogP contribution in [0, 0.1) is 24.5 Å². The first-order chi connectivity index (χ1) is 22.4. The van der Waals surface area contributed by atoms with Crippen molar-refractivity contribution in [2.75, 3.05) is 37.6 Å². The summed E-state index contributed by atoms with van der Waals surface area (Å²) in [4.78, 5) is 22.5. The molecule has 0 unspecified atom stereocenters. The van der Waals surface area contributed by atoms with Crippen LogP contribution in [0.25, 0.3) is 11.0 Å². The average Bonchev–Trinajstić information content (AvgIpc) is 3.49. The summed E-state index contributed by atoms with van der Waals surface area (Å²) in [6, 6.07) is 9.20. The number of hydrogen-bond donors (Lipinski definition) is 1. The van der Waals surface area contributed by atoms with Crippen molar-refractivity contribution in [3.8, 4) is 0 Å². The van der Waals surface area contributed by atoms with Crippen LogP contribution in [0.1, 0.15) is 72.8 Å². The number of fused-ring (bicyclic) bond motifs is 2. The van der Waals surface area contributed by atoms with Crippen LogP contribution in [-0.2, 0) is 19.4 Å². The molecule has 0 spiro atoms. The van der Waals surface area contributed by atoms with E-state index in [1.165, 1.54) is 24.3 Å². The molecule has 4 aromatic rings. The van der Waals surface area contributed by atoms with Crippen LogP contribution in [-0.4, -0.2) is 63.3 Å². The Kier molecular flexibility index (Phi) is 8.59. The molecular formula is C35H40F2N6O3. The van der Waals surface area contributed by atoms with Gasteiger partial charge < -0.3 is 19.5 Å². The first-order valence-electron chi connectivity index (χ1n) is 16.5. The van der Waals surface area contributed by atoms with Gasteiger partial charge in [-0.2, -0.15) is 0 Å². The Hall–Kier alpha value is -4.12. The smallest absolute Gasteiger partial charge is 0.256 e. The quantitative estimate of drug-likeness (QED) is 0.156. The number of aromatic nitrogens is 3. The summed E-state index contributed by atoms with van der Waals surface area (Å²) in [6.07, 6.45) is 6.82. The molecule has 0 aliphatic carbocycles. The fourth-order valence-corrected chi connectivity index (χ4v) is 7.68. The van der Waals surface area contributed by atoms with Crippen LogP contribution < -0.4 is 10.5 Å². The van der Waals surface area contributed by atoms with Crippen LogP contribution in [0.2, 0.25) is 0 Å². The van der Waals surface area contributed by atoms with Crippen molar-refractivity contribution in [3.05, 3.63) is 86.7 Å². The Morgan fingerprint density at radius 3 is 2.54 bits per heavy atom. The van der Waals surface area contributed by atoms with E-state index in [2.05, 4.69) is 20.1 Å². The number of nitrogens with zero attached hydrogens (tertiary/aromatic N) is 6. The van der Waals surface area contributed by atoms with Gasteiger partial charge in [0.2, 0.25) is 0 Å². The normalized spacial score (nSPS) is 18.8. The van der Waals surface area contributed by atoms with Crippen molar-refractivity contribution in [2.45, 2.75) is 70.8 Å². The molecule has 0 atom stereocenters. The Bertz CT molecular complexity index is 1820. The number of likely N-dealkylation sites (tertiary alicyclic amines) is 1. The molecule has 9 nitrogen and oxygen atoms in total. The predicted octanol–water partition coefficient (Wildman–Crippen LogP) is 5.82. The average molecular weight is 631 g/mol. The van der Waals surface area contributed by atoms with E-state index in [0.29, 0.717) is 30.8 Å². The summed E-state index contributed by atoms with van der Waals surface area (Å²) in [5.74, 6) is 0.404. The minimum Gasteiger partial charge on any atom is -0.411 e. The van der Waals surface area contributed by atoms with E-state index in [4.69, 9.17) is 9.51 Å². The summed E-state index contributed by atoms with van der Waals surface area (Å²) < 4.78 is 35.5. The number of benzene rings is 2. The number of aryl methyl sites for hydroxylation is 2. The zero-order valence-electron chi connectivity index (χ0n) is 26.2. The first-order valence-corrected chi connectivity index (χ1v) is 16.5. The van der Waals surface area contributed by atoms with Gasteiger partial charge in [-0.3, -0.25) is 9.36 Å². The number of rotatable bonds is 7. The number of halogens is 2. The molecule has 2 aromatic carbocycles. The molecule has 5 heterocycles. The highest BCUT2D eigenvalue weighted by atomic mass is 19.1. The number of anilines is 1. The van der Waals surface area contributed by atoms with E-state index in [9.17, 15) is 18.8 Å². The van der Waals surface area contributed by atoms with E-state index >= 15 is 0 Å². The van der Waals surface area contributed by atoms with Gasteiger partial charge in [0.25, 0.3) is 5.56 Å². The number of hydrogen-bond acceptors (Lipinski definition) is 8. The van der Waals surface area contributed by atoms with Gasteiger partial charge in [0, 0.05) is 78.4 Å². The van der Waals surface area contributed by atoms with Crippen molar-refractivity contribution in [1.82, 2.24) is 19.6 Å². The summed E-state index contributed by atoms with van der Waals surface area (Å²) >= 11 is 0. The van der Waals surface area contributed by atoms with Gasteiger partial charge in [-0.15, -0.1) is 0 Å². The third-order valence-electron chi connectivity index (χ3n) is 10.3. The second-order valence-corrected chi connectivity index (χ2v) is 13.0. The molecule has 0 saturated carbocycles. The SMILES string of the molecule is Cc1nc2n(c(=O)c1CCN1CCC(/C(=N/O)c3ccc(F)cc3N3CCC(c4noc5cc(F)ccc45)CC3)CC1)CCCC2. The van der Waals surface area contributed by atoms with Crippen LogP contribution in [0.4, 0.5) is 14.5 Å². The molecule has 11 heteroatoms. The maximum atomic E-state index is 14.6. The third-order valence-corrected chi connectivity index (χ3v) is 10.3. The fraction of sp³-hybridized carbons (Fsp3) is 0.486. The Balaban J connectivity index is 1.00. The molecule has 242 valence electrons. The van der Waals surface area contributed by atoms with Gasteiger partial charge in [0.15, 0.2) is 5.58 Å². The molecule has 0 amide bonds. The predicted molar refractivity (Wildman–Crippen MR) is 172 cm³/mol.